The average Bonchev–Trinajstić information content (AvgIpc) is 2.91. The van der Waals surface area contributed by atoms with Crippen molar-refractivity contribution in [3.8, 4) is 0 Å². The fourth-order valence-corrected chi connectivity index (χ4v) is 3.00. The Morgan fingerprint density at radius 3 is 2.86 bits per heavy atom. The van der Waals surface area contributed by atoms with Crippen LogP contribution in [0.3, 0.4) is 0 Å². The highest BCUT2D eigenvalue weighted by Gasteiger charge is 2.22. The number of carbonyl (C=O) groups is 1. The molecule has 0 unspecified atom stereocenters. The number of nitrogens with zero attached hydrogens (tertiary/aromatic N) is 2. The van der Waals surface area contributed by atoms with Crippen LogP contribution in [0, 0.1) is 0 Å². The molecule has 5 nitrogen and oxygen atoms in total. The van der Waals surface area contributed by atoms with Gasteiger partial charge in [-0.25, -0.2) is 0 Å². The molecule has 0 radical (unpaired) electrons. The van der Waals surface area contributed by atoms with Crippen LogP contribution >= 0.6 is 0 Å². The quantitative estimate of drug-likeness (QED) is 0.937. The molecular weight excluding hydrogens is 266 g/mol. The molecule has 0 bridgehead atoms. The van der Waals surface area contributed by atoms with Gasteiger partial charge < -0.3 is 10.1 Å². The molecule has 0 saturated heterocycles. The zero-order chi connectivity index (χ0) is 14.7. The van der Waals surface area contributed by atoms with Crippen molar-refractivity contribution in [3.05, 3.63) is 30.5 Å². The van der Waals surface area contributed by atoms with E-state index in [-0.39, 0.29) is 18.5 Å². The number of nitrogens with one attached hydrogen (secondary N) is 1. The van der Waals surface area contributed by atoms with Gasteiger partial charge in [-0.2, -0.15) is 5.10 Å². The van der Waals surface area contributed by atoms with Crippen LogP contribution in [0.25, 0.3) is 10.9 Å². The van der Waals surface area contributed by atoms with Crippen LogP contribution in [0.2, 0.25) is 0 Å². The predicted molar refractivity (Wildman–Crippen MR) is 80.9 cm³/mol. The molecule has 1 heterocycles. The lowest BCUT2D eigenvalue weighted by atomic mass is 9.93. The maximum atomic E-state index is 12.2. The molecule has 1 aromatic heterocycles. The highest BCUT2D eigenvalue weighted by molar-refractivity contribution is 5.82. The van der Waals surface area contributed by atoms with E-state index in [2.05, 4.69) is 10.4 Å². The monoisotopic (exact) mass is 287 g/mol. The number of benzene rings is 1. The van der Waals surface area contributed by atoms with Gasteiger partial charge in [-0.3, -0.25) is 9.48 Å². The van der Waals surface area contributed by atoms with Gasteiger partial charge in [0.15, 0.2) is 0 Å². The Hall–Kier alpha value is -1.88. The normalized spacial score (nSPS) is 22.3. The second kappa shape index (κ2) is 6.26. The molecule has 1 aromatic carbocycles. The highest BCUT2D eigenvalue weighted by Crippen LogP contribution is 2.20. The van der Waals surface area contributed by atoms with Gasteiger partial charge >= 0.3 is 0 Å². The first-order chi connectivity index (χ1) is 10.3. The van der Waals surface area contributed by atoms with E-state index >= 15 is 0 Å². The molecule has 1 N–H and O–H groups in total. The number of aromatic nitrogens is 2. The maximum absolute atomic E-state index is 12.2. The summed E-state index contributed by atoms with van der Waals surface area (Å²) in [4.78, 5) is 12.2. The Morgan fingerprint density at radius 1 is 1.33 bits per heavy atom. The van der Waals surface area contributed by atoms with Crippen LogP contribution in [0.1, 0.15) is 25.7 Å². The first-order valence-corrected chi connectivity index (χ1v) is 7.49. The second-order valence-corrected chi connectivity index (χ2v) is 5.64. The summed E-state index contributed by atoms with van der Waals surface area (Å²) in [5.74, 6) is 0.0321. The van der Waals surface area contributed by atoms with Crippen LogP contribution in [0.5, 0.6) is 0 Å². The first-order valence-electron chi connectivity index (χ1n) is 7.49. The van der Waals surface area contributed by atoms with E-state index in [1.165, 1.54) is 0 Å². The average molecular weight is 287 g/mol. The highest BCUT2D eigenvalue weighted by atomic mass is 16.5. The predicted octanol–water partition coefficient (Wildman–Crippen LogP) is 2.11. The Morgan fingerprint density at radius 2 is 2.10 bits per heavy atom. The summed E-state index contributed by atoms with van der Waals surface area (Å²) in [7, 11) is 1.76. The topological polar surface area (TPSA) is 56.1 Å². The number of ether oxygens (including phenoxy) is 1. The van der Waals surface area contributed by atoms with E-state index in [4.69, 9.17) is 4.74 Å². The number of fused-ring (bicyclic) bond motifs is 1. The largest absolute Gasteiger partial charge is 0.381 e. The smallest absolute Gasteiger partial charge is 0.241 e. The maximum Gasteiger partial charge on any atom is 0.241 e. The van der Waals surface area contributed by atoms with Gasteiger partial charge in [-0.15, -0.1) is 0 Å². The van der Waals surface area contributed by atoms with E-state index in [1.54, 1.807) is 18.0 Å². The van der Waals surface area contributed by atoms with Crippen LogP contribution in [-0.4, -0.2) is 34.9 Å². The lowest BCUT2D eigenvalue weighted by Gasteiger charge is -2.28. The van der Waals surface area contributed by atoms with E-state index in [9.17, 15) is 4.79 Å². The van der Waals surface area contributed by atoms with Gasteiger partial charge in [0.25, 0.3) is 0 Å². The molecule has 3 rings (SSSR count). The summed E-state index contributed by atoms with van der Waals surface area (Å²) in [6.07, 6.45) is 6.17. The number of amides is 1. The zero-order valence-corrected chi connectivity index (χ0v) is 12.3. The Labute approximate surface area is 124 Å². The third kappa shape index (κ3) is 3.24. The molecule has 5 heteroatoms. The van der Waals surface area contributed by atoms with Crippen LogP contribution in [0.4, 0.5) is 0 Å². The summed E-state index contributed by atoms with van der Waals surface area (Å²) < 4.78 is 7.11. The molecule has 1 amide bonds. The van der Waals surface area contributed by atoms with Crippen molar-refractivity contribution in [2.45, 2.75) is 44.4 Å². The van der Waals surface area contributed by atoms with Gasteiger partial charge in [0.05, 0.1) is 17.8 Å². The minimum Gasteiger partial charge on any atom is -0.381 e. The molecule has 0 aliphatic heterocycles. The number of rotatable bonds is 4. The zero-order valence-electron chi connectivity index (χ0n) is 12.3. The third-order valence-electron chi connectivity index (χ3n) is 4.22. The number of carbonyl (C=O) groups excluding carboxylic acids is 1. The van der Waals surface area contributed by atoms with Gasteiger partial charge in [-0.1, -0.05) is 18.2 Å². The molecule has 0 atom stereocenters. The minimum absolute atomic E-state index is 0.0321. The number of para-hydroxylation sites is 1. The van der Waals surface area contributed by atoms with Crippen molar-refractivity contribution in [2.75, 3.05) is 7.11 Å². The molecule has 1 saturated carbocycles. The Kier molecular flexibility index (Phi) is 4.20. The van der Waals surface area contributed by atoms with Crippen molar-refractivity contribution in [1.82, 2.24) is 15.1 Å². The summed E-state index contributed by atoms with van der Waals surface area (Å²) in [5, 5.41) is 8.46. The van der Waals surface area contributed by atoms with Crippen molar-refractivity contribution < 1.29 is 9.53 Å². The van der Waals surface area contributed by atoms with Gasteiger partial charge in [0.1, 0.15) is 6.54 Å². The van der Waals surface area contributed by atoms with E-state index in [0.29, 0.717) is 6.10 Å². The molecule has 112 valence electrons. The van der Waals surface area contributed by atoms with Crippen LogP contribution in [0.15, 0.2) is 30.5 Å². The molecule has 1 aliphatic rings. The van der Waals surface area contributed by atoms with Crippen molar-refractivity contribution in [1.29, 1.82) is 0 Å². The molecule has 0 spiro atoms. The third-order valence-corrected chi connectivity index (χ3v) is 4.22. The van der Waals surface area contributed by atoms with Crippen LogP contribution in [-0.2, 0) is 16.1 Å². The van der Waals surface area contributed by atoms with E-state index in [0.717, 1.165) is 36.6 Å². The molecular formula is C16H21N3O2. The van der Waals surface area contributed by atoms with Crippen molar-refractivity contribution in [2.24, 2.45) is 0 Å². The van der Waals surface area contributed by atoms with E-state index < -0.39 is 0 Å². The number of hydrogen-bond acceptors (Lipinski definition) is 3. The Bertz CT molecular complexity index is 615. The number of methoxy groups -OCH3 is 1. The molecule has 1 aliphatic carbocycles. The lowest BCUT2D eigenvalue weighted by molar-refractivity contribution is -0.122. The fraction of sp³-hybridized carbons (Fsp3) is 0.500. The van der Waals surface area contributed by atoms with Gasteiger partial charge in [0, 0.05) is 18.5 Å². The minimum atomic E-state index is 0.0321. The second-order valence-electron chi connectivity index (χ2n) is 5.64. The standard InChI is InChI=1S/C16H21N3O2/c1-21-14-8-6-13(7-9-14)18-16(20)11-19-15-5-3-2-4-12(15)10-17-19/h2-5,10,13-14H,6-9,11H2,1H3,(H,18,20). The van der Waals surface area contributed by atoms with Gasteiger partial charge in [0.2, 0.25) is 5.91 Å². The Balaban J connectivity index is 1.57. The summed E-state index contributed by atoms with van der Waals surface area (Å²) in [6.45, 7) is 0.276. The summed E-state index contributed by atoms with van der Waals surface area (Å²) >= 11 is 0. The van der Waals surface area contributed by atoms with Crippen LogP contribution < -0.4 is 5.32 Å². The molecule has 2 aromatic rings. The van der Waals surface area contributed by atoms with Gasteiger partial charge in [-0.05, 0) is 31.7 Å². The SMILES string of the molecule is COC1CCC(NC(=O)Cn2ncc3ccccc32)CC1. The molecule has 1 fully saturated rings. The lowest BCUT2D eigenvalue weighted by Crippen LogP contribution is -2.40. The summed E-state index contributed by atoms with van der Waals surface area (Å²) in [6, 6.07) is 8.20. The molecule has 21 heavy (non-hydrogen) atoms. The van der Waals surface area contributed by atoms with E-state index in [1.807, 2.05) is 24.3 Å². The first kappa shape index (κ1) is 14.1. The number of hydrogen-bond donors (Lipinski definition) is 1. The van der Waals surface area contributed by atoms with Crippen molar-refractivity contribution >= 4 is 16.8 Å². The van der Waals surface area contributed by atoms with Crippen molar-refractivity contribution in [3.63, 3.8) is 0 Å². The summed E-state index contributed by atoms with van der Waals surface area (Å²) in [5.41, 5.74) is 0.996. The fourth-order valence-electron chi connectivity index (χ4n) is 3.00.